The minimum absolute atomic E-state index is 0.0450. The highest BCUT2D eigenvalue weighted by molar-refractivity contribution is 7.16. The Hall–Kier alpha value is -2.84. The van der Waals surface area contributed by atoms with Crippen molar-refractivity contribution in [2.45, 2.75) is 20.8 Å². The summed E-state index contributed by atoms with van der Waals surface area (Å²) in [5, 5.41) is 14.0. The van der Waals surface area contributed by atoms with Gasteiger partial charge in [0, 0.05) is 27.5 Å². The van der Waals surface area contributed by atoms with E-state index < -0.39 is 4.92 Å². The number of aryl methyl sites for hydroxylation is 3. The molecule has 0 saturated carbocycles. The van der Waals surface area contributed by atoms with Crippen LogP contribution in [0.5, 0.6) is 0 Å². The van der Waals surface area contributed by atoms with Gasteiger partial charge < -0.3 is 0 Å². The molecular formula is C19H17N3O3S2. The molecular weight excluding hydrogens is 382 g/mol. The van der Waals surface area contributed by atoms with E-state index in [-0.39, 0.29) is 10.9 Å². The molecule has 1 aromatic carbocycles. The third-order valence-corrected chi connectivity index (χ3v) is 5.89. The molecule has 0 atom stereocenters. The monoisotopic (exact) mass is 399 g/mol. The van der Waals surface area contributed by atoms with Gasteiger partial charge in [0.1, 0.15) is 0 Å². The predicted octanol–water partition coefficient (Wildman–Crippen LogP) is 5.36. The molecule has 0 unspecified atom stereocenters. The Morgan fingerprint density at radius 1 is 1.15 bits per heavy atom. The average Bonchev–Trinajstić information content (AvgIpc) is 3.22. The van der Waals surface area contributed by atoms with Crippen molar-refractivity contribution in [1.29, 1.82) is 0 Å². The molecule has 3 rings (SSSR count). The summed E-state index contributed by atoms with van der Waals surface area (Å²) in [4.78, 5) is 28.6. The highest BCUT2D eigenvalue weighted by atomic mass is 32.1. The van der Waals surface area contributed by atoms with Crippen LogP contribution in [-0.4, -0.2) is 15.8 Å². The van der Waals surface area contributed by atoms with Gasteiger partial charge in [-0.15, -0.1) is 11.3 Å². The molecule has 138 valence electrons. The standard InChI is InChI=1S/C19H17N3O3S2/c1-11-4-5-14(10-12(11)2)18-13(3)26-19(21-18)20-16(23)8-6-15-7-9-17(27-15)22(24)25/h4-10H,1-3H3,(H,20,21,23)/b8-6+. The van der Waals surface area contributed by atoms with Crippen LogP contribution < -0.4 is 5.32 Å². The summed E-state index contributed by atoms with van der Waals surface area (Å²) in [5.41, 5.74) is 4.29. The van der Waals surface area contributed by atoms with Crippen LogP contribution >= 0.6 is 22.7 Å². The number of nitrogens with one attached hydrogen (secondary N) is 1. The van der Waals surface area contributed by atoms with Gasteiger partial charge in [-0.3, -0.25) is 20.2 Å². The van der Waals surface area contributed by atoms with E-state index in [1.807, 2.05) is 13.0 Å². The van der Waals surface area contributed by atoms with Crippen LogP contribution in [0.2, 0.25) is 0 Å². The summed E-state index contributed by atoms with van der Waals surface area (Å²) in [6.45, 7) is 6.09. The number of nitrogens with zero attached hydrogens (tertiary/aromatic N) is 2. The summed E-state index contributed by atoms with van der Waals surface area (Å²) >= 11 is 2.43. The lowest BCUT2D eigenvalue weighted by Gasteiger charge is -2.03. The Morgan fingerprint density at radius 3 is 2.59 bits per heavy atom. The van der Waals surface area contributed by atoms with Crippen molar-refractivity contribution in [2.75, 3.05) is 5.32 Å². The van der Waals surface area contributed by atoms with Crippen LogP contribution in [0.15, 0.2) is 36.4 Å². The second kappa shape index (κ2) is 7.81. The number of anilines is 1. The number of rotatable bonds is 5. The van der Waals surface area contributed by atoms with Gasteiger partial charge in [0.2, 0.25) is 5.91 Å². The maximum Gasteiger partial charge on any atom is 0.324 e. The molecule has 0 saturated heterocycles. The van der Waals surface area contributed by atoms with Gasteiger partial charge in [0.25, 0.3) is 0 Å². The highest BCUT2D eigenvalue weighted by Crippen LogP contribution is 2.31. The fraction of sp³-hybridized carbons (Fsp3) is 0.158. The van der Waals surface area contributed by atoms with Crippen LogP contribution in [0.1, 0.15) is 20.9 Å². The molecule has 0 bridgehead atoms. The number of benzene rings is 1. The number of thiazole rings is 1. The van der Waals surface area contributed by atoms with Crippen LogP contribution in [0.4, 0.5) is 10.1 Å². The second-order valence-corrected chi connectivity index (χ2v) is 8.28. The Bertz CT molecular complexity index is 1050. The molecule has 6 nitrogen and oxygen atoms in total. The molecule has 3 aromatic rings. The number of hydrogen-bond acceptors (Lipinski definition) is 6. The lowest BCUT2D eigenvalue weighted by Crippen LogP contribution is -2.07. The Balaban J connectivity index is 1.72. The van der Waals surface area contributed by atoms with Crippen molar-refractivity contribution in [1.82, 2.24) is 4.98 Å². The topological polar surface area (TPSA) is 85.1 Å². The molecule has 1 amide bonds. The maximum absolute atomic E-state index is 12.1. The normalized spacial score (nSPS) is 11.1. The molecule has 1 N–H and O–H groups in total. The van der Waals surface area contributed by atoms with E-state index in [1.165, 1.54) is 34.6 Å². The average molecular weight is 399 g/mol. The van der Waals surface area contributed by atoms with Gasteiger partial charge in [0.15, 0.2) is 5.13 Å². The maximum atomic E-state index is 12.1. The zero-order valence-corrected chi connectivity index (χ0v) is 16.6. The predicted molar refractivity (Wildman–Crippen MR) is 110 cm³/mol. The van der Waals surface area contributed by atoms with Crippen LogP contribution in [-0.2, 0) is 4.79 Å². The summed E-state index contributed by atoms with van der Waals surface area (Å²) in [6, 6.07) is 9.21. The smallest absolute Gasteiger partial charge is 0.298 e. The van der Waals surface area contributed by atoms with Gasteiger partial charge in [0.05, 0.1) is 10.6 Å². The number of amides is 1. The molecule has 2 heterocycles. The van der Waals surface area contributed by atoms with Crippen molar-refractivity contribution < 1.29 is 9.72 Å². The fourth-order valence-corrected chi connectivity index (χ4v) is 4.00. The number of hydrogen-bond donors (Lipinski definition) is 1. The van der Waals surface area contributed by atoms with Crippen LogP contribution in [0.3, 0.4) is 0 Å². The lowest BCUT2D eigenvalue weighted by atomic mass is 10.0. The van der Waals surface area contributed by atoms with Crippen LogP contribution in [0.25, 0.3) is 17.3 Å². The third-order valence-electron chi connectivity index (χ3n) is 4.00. The molecule has 0 radical (unpaired) electrons. The first-order valence-corrected chi connectivity index (χ1v) is 9.75. The van der Waals surface area contributed by atoms with Gasteiger partial charge in [-0.25, -0.2) is 4.98 Å². The quantitative estimate of drug-likeness (QED) is 0.356. The first-order chi connectivity index (χ1) is 12.8. The fourth-order valence-electron chi connectivity index (χ4n) is 2.44. The molecule has 0 aliphatic carbocycles. The van der Waals surface area contributed by atoms with Crippen molar-refractivity contribution in [3.63, 3.8) is 0 Å². The molecule has 2 aromatic heterocycles. The molecule has 8 heteroatoms. The first-order valence-electron chi connectivity index (χ1n) is 8.12. The SMILES string of the molecule is Cc1ccc(-c2nc(NC(=O)/C=C/c3ccc([N+](=O)[O-])s3)sc2C)cc1C. The Morgan fingerprint density at radius 2 is 1.93 bits per heavy atom. The van der Waals surface area contributed by atoms with Gasteiger partial charge in [-0.1, -0.05) is 23.5 Å². The van der Waals surface area contributed by atoms with E-state index >= 15 is 0 Å². The Labute approximate surface area is 164 Å². The number of thiophene rings is 1. The molecule has 0 spiro atoms. The second-order valence-electron chi connectivity index (χ2n) is 5.98. The van der Waals surface area contributed by atoms with Gasteiger partial charge in [-0.05, 0) is 50.1 Å². The van der Waals surface area contributed by atoms with E-state index in [0.717, 1.165) is 27.5 Å². The minimum atomic E-state index is -0.450. The van der Waals surface area contributed by atoms with Crippen LogP contribution in [0, 0.1) is 30.9 Å². The van der Waals surface area contributed by atoms with E-state index in [4.69, 9.17) is 0 Å². The van der Waals surface area contributed by atoms with Gasteiger partial charge in [-0.2, -0.15) is 0 Å². The van der Waals surface area contributed by atoms with E-state index in [1.54, 1.807) is 12.1 Å². The lowest BCUT2D eigenvalue weighted by molar-refractivity contribution is -0.380. The van der Waals surface area contributed by atoms with Crippen molar-refractivity contribution in [2.24, 2.45) is 0 Å². The minimum Gasteiger partial charge on any atom is -0.298 e. The van der Waals surface area contributed by atoms with E-state index in [9.17, 15) is 14.9 Å². The molecule has 0 fully saturated rings. The third kappa shape index (κ3) is 4.47. The zero-order chi connectivity index (χ0) is 19.6. The summed E-state index contributed by atoms with van der Waals surface area (Å²) in [7, 11) is 0. The summed E-state index contributed by atoms with van der Waals surface area (Å²) in [6.07, 6.45) is 2.90. The number of aromatic nitrogens is 1. The number of nitro groups is 1. The molecule has 0 aliphatic rings. The van der Waals surface area contributed by atoms with Crippen molar-refractivity contribution in [3.8, 4) is 11.3 Å². The summed E-state index contributed by atoms with van der Waals surface area (Å²) in [5.74, 6) is -0.327. The number of carbonyl (C=O) groups is 1. The first kappa shape index (κ1) is 18.9. The largest absolute Gasteiger partial charge is 0.324 e. The van der Waals surface area contributed by atoms with E-state index in [2.05, 4.69) is 36.3 Å². The van der Waals surface area contributed by atoms with Crippen molar-refractivity contribution in [3.05, 3.63) is 67.4 Å². The summed E-state index contributed by atoms with van der Waals surface area (Å²) < 4.78 is 0. The van der Waals surface area contributed by atoms with E-state index in [0.29, 0.717) is 10.0 Å². The Kier molecular flexibility index (Phi) is 5.48. The highest BCUT2D eigenvalue weighted by Gasteiger charge is 2.12. The zero-order valence-electron chi connectivity index (χ0n) is 15.0. The number of carbonyl (C=O) groups excluding carboxylic acids is 1. The van der Waals surface area contributed by atoms with Gasteiger partial charge >= 0.3 is 5.00 Å². The molecule has 27 heavy (non-hydrogen) atoms. The van der Waals surface area contributed by atoms with Crippen molar-refractivity contribution >= 4 is 44.8 Å². The molecule has 0 aliphatic heterocycles.